The molecule has 0 atom stereocenters. The number of aromatic nitrogens is 1. The number of rotatable bonds is 0. The summed E-state index contributed by atoms with van der Waals surface area (Å²) in [4.78, 5) is 26.3. The van der Waals surface area contributed by atoms with Gasteiger partial charge in [-0.1, -0.05) is 35.6 Å². The molecule has 0 spiro atoms. The Morgan fingerprint density at radius 2 is 1.67 bits per heavy atom. The lowest BCUT2D eigenvalue weighted by Crippen LogP contribution is -1.94. The Bertz CT molecular complexity index is 873. The molecule has 0 saturated carbocycles. The fourth-order valence-corrected chi connectivity index (χ4v) is 3.23. The van der Waals surface area contributed by atoms with Gasteiger partial charge >= 0.3 is 4.87 Å². The molecular weight excluding hydrogens is 246 g/mol. The maximum atomic E-state index is 12.3. The number of benzene rings is 2. The lowest BCUT2D eigenvalue weighted by atomic mass is 10.1. The second-order valence-electron chi connectivity index (χ2n) is 4.28. The minimum Gasteiger partial charge on any atom is -0.312 e. The van der Waals surface area contributed by atoms with Gasteiger partial charge in [0.25, 0.3) is 0 Å². The molecule has 0 unspecified atom stereocenters. The largest absolute Gasteiger partial charge is 0.312 e. The van der Waals surface area contributed by atoms with E-state index in [9.17, 15) is 9.59 Å². The first-order valence-corrected chi connectivity index (χ1v) is 6.37. The molecule has 1 N–H and O–H groups in total. The molecular formula is C14H7NO2S. The van der Waals surface area contributed by atoms with Crippen molar-refractivity contribution in [1.82, 2.24) is 4.98 Å². The highest BCUT2D eigenvalue weighted by Gasteiger charge is 2.26. The lowest BCUT2D eigenvalue weighted by Gasteiger charge is -1.98. The molecule has 0 bridgehead atoms. The number of aromatic amines is 1. The topological polar surface area (TPSA) is 49.9 Å². The molecule has 1 heterocycles. The van der Waals surface area contributed by atoms with E-state index in [-0.39, 0.29) is 10.7 Å². The summed E-state index contributed by atoms with van der Waals surface area (Å²) in [6.45, 7) is 0. The van der Waals surface area contributed by atoms with E-state index in [1.54, 1.807) is 0 Å². The first-order valence-electron chi connectivity index (χ1n) is 5.55. The zero-order valence-corrected chi connectivity index (χ0v) is 10.0. The van der Waals surface area contributed by atoms with Crippen LogP contribution in [0.1, 0.15) is 15.9 Å². The number of hydrogen-bond donors (Lipinski definition) is 1. The van der Waals surface area contributed by atoms with E-state index >= 15 is 0 Å². The molecule has 0 aliphatic heterocycles. The third kappa shape index (κ3) is 1.13. The van der Waals surface area contributed by atoms with Crippen LogP contribution in [0.15, 0.2) is 41.2 Å². The van der Waals surface area contributed by atoms with Crippen LogP contribution in [0.3, 0.4) is 0 Å². The van der Waals surface area contributed by atoms with Crippen LogP contribution in [0.25, 0.3) is 21.3 Å². The van der Waals surface area contributed by atoms with Crippen LogP contribution in [0.5, 0.6) is 0 Å². The number of H-pyrrole nitrogens is 1. The van der Waals surface area contributed by atoms with Gasteiger partial charge in [-0.05, 0) is 23.3 Å². The van der Waals surface area contributed by atoms with Crippen molar-refractivity contribution in [1.29, 1.82) is 0 Å². The summed E-state index contributed by atoms with van der Waals surface area (Å²) < 4.78 is 0.833. The van der Waals surface area contributed by atoms with Crippen LogP contribution in [-0.2, 0) is 0 Å². The Hall–Kier alpha value is -2.20. The van der Waals surface area contributed by atoms with E-state index in [1.807, 2.05) is 36.4 Å². The zero-order chi connectivity index (χ0) is 12.3. The maximum Gasteiger partial charge on any atom is 0.305 e. The zero-order valence-electron chi connectivity index (χ0n) is 9.19. The van der Waals surface area contributed by atoms with Gasteiger partial charge in [-0.2, -0.15) is 0 Å². The predicted octanol–water partition coefficient (Wildman–Crippen LogP) is 2.80. The monoisotopic (exact) mass is 253 g/mol. The summed E-state index contributed by atoms with van der Waals surface area (Å²) in [5, 5.41) is 0. The number of fused-ring (bicyclic) bond motifs is 4. The quantitative estimate of drug-likeness (QED) is 0.524. The van der Waals surface area contributed by atoms with Crippen molar-refractivity contribution in [3.63, 3.8) is 0 Å². The fraction of sp³-hybridized carbons (Fsp3) is 0. The first-order chi connectivity index (χ1) is 8.74. The number of nitrogens with one attached hydrogen (secondary N) is 1. The van der Waals surface area contributed by atoms with Gasteiger partial charge in [-0.25, -0.2) is 0 Å². The summed E-state index contributed by atoms with van der Waals surface area (Å²) in [6.07, 6.45) is 0. The van der Waals surface area contributed by atoms with Crippen LogP contribution in [0.4, 0.5) is 0 Å². The van der Waals surface area contributed by atoms with Gasteiger partial charge in [-0.15, -0.1) is 0 Å². The number of ketones is 1. The minimum absolute atomic E-state index is 0.0448. The average molecular weight is 253 g/mol. The average Bonchev–Trinajstić information content (AvgIpc) is 2.86. The number of thiazole rings is 1. The number of carbonyl (C=O) groups is 1. The summed E-state index contributed by atoms with van der Waals surface area (Å²) in [7, 11) is 0. The summed E-state index contributed by atoms with van der Waals surface area (Å²) in [5.74, 6) is 0.0448. The van der Waals surface area contributed by atoms with E-state index < -0.39 is 0 Å². The van der Waals surface area contributed by atoms with E-state index in [4.69, 9.17) is 0 Å². The molecule has 3 nitrogen and oxygen atoms in total. The van der Waals surface area contributed by atoms with Crippen LogP contribution in [0.2, 0.25) is 0 Å². The molecule has 3 aromatic rings. The minimum atomic E-state index is -0.0885. The van der Waals surface area contributed by atoms with Crippen molar-refractivity contribution < 1.29 is 4.79 Å². The maximum absolute atomic E-state index is 12.3. The molecule has 1 aromatic heterocycles. The van der Waals surface area contributed by atoms with Crippen molar-refractivity contribution in [2.75, 3.05) is 0 Å². The van der Waals surface area contributed by atoms with Crippen molar-refractivity contribution in [2.24, 2.45) is 0 Å². The molecule has 0 saturated heterocycles. The Morgan fingerprint density at radius 1 is 0.889 bits per heavy atom. The van der Waals surface area contributed by atoms with E-state index in [0.717, 1.165) is 38.2 Å². The molecule has 1 aliphatic carbocycles. The van der Waals surface area contributed by atoms with Crippen molar-refractivity contribution >= 4 is 27.3 Å². The Labute approximate surface area is 106 Å². The van der Waals surface area contributed by atoms with Crippen LogP contribution >= 0.6 is 11.3 Å². The molecule has 0 radical (unpaired) electrons. The molecule has 0 fully saturated rings. The standard InChI is InChI=1S/C14H7NO2S/c16-13-8-4-2-1-3-7(8)9-5-11-12(6-10(9)13)18-14(17)15-11/h1-6H,(H,15,17). The highest BCUT2D eigenvalue weighted by atomic mass is 32.1. The van der Waals surface area contributed by atoms with Crippen LogP contribution < -0.4 is 4.87 Å². The van der Waals surface area contributed by atoms with E-state index in [2.05, 4.69) is 4.98 Å². The number of carbonyl (C=O) groups excluding carboxylic acids is 1. The highest BCUT2D eigenvalue weighted by Crippen LogP contribution is 2.38. The van der Waals surface area contributed by atoms with Crippen molar-refractivity contribution in [3.8, 4) is 11.1 Å². The SMILES string of the molecule is O=C1c2ccccc2-c2cc3[nH]c(=O)sc3cc21. The molecule has 0 amide bonds. The Morgan fingerprint density at radius 3 is 2.50 bits per heavy atom. The van der Waals surface area contributed by atoms with E-state index in [0.29, 0.717) is 5.56 Å². The summed E-state index contributed by atoms with van der Waals surface area (Å²) in [6, 6.07) is 11.3. The third-order valence-electron chi connectivity index (χ3n) is 3.27. The molecule has 86 valence electrons. The van der Waals surface area contributed by atoms with Gasteiger partial charge in [0, 0.05) is 11.1 Å². The van der Waals surface area contributed by atoms with Gasteiger partial charge < -0.3 is 4.98 Å². The molecule has 2 aromatic carbocycles. The fourth-order valence-electron chi connectivity index (χ4n) is 2.47. The smallest absolute Gasteiger partial charge is 0.305 e. The summed E-state index contributed by atoms with van der Waals surface area (Å²) >= 11 is 1.14. The van der Waals surface area contributed by atoms with Gasteiger partial charge in [0.1, 0.15) is 0 Å². The first kappa shape index (κ1) is 9.79. The van der Waals surface area contributed by atoms with Crippen molar-refractivity contribution in [3.05, 3.63) is 57.2 Å². The van der Waals surface area contributed by atoms with E-state index in [1.165, 1.54) is 0 Å². The van der Waals surface area contributed by atoms with Gasteiger partial charge in [0.2, 0.25) is 0 Å². The highest BCUT2D eigenvalue weighted by molar-refractivity contribution is 7.16. The van der Waals surface area contributed by atoms with Crippen molar-refractivity contribution in [2.45, 2.75) is 0 Å². The molecule has 18 heavy (non-hydrogen) atoms. The normalized spacial score (nSPS) is 12.8. The van der Waals surface area contributed by atoms with Gasteiger partial charge in [0.05, 0.1) is 10.2 Å². The van der Waals surface area contributed by atoms with Crippen LogP contribution in [0, 0.1) is 0 Å². The lowest BCUT2D eigenvalue weighted by molar-refractivity contribution is 0.104. The Balaban J connectivity index is 2.16. The molecule has 4 rings (SSSR count). The summed E-state index contributed by atoms with van der Waals surface area (Å²) in [5.41, 5.74) is 4.10. The van der Waals surface area contributed by atoms with Crippen LogP contribution in [-0.4, -0.2) is 10.8 Å². The van der Waals surface area contributed by atoms with Gasteiger partial charge in [0.15, 0.2) is 5.78 Å². The van der Waals surface area contributed by atoms with Gasteiger partial charge in [-0.3, -0.25) is 9.59 Å². The predicted molar refractivity (Wildman–Crippen MR) is 71.3 cm³/mol. The second-order valence-corrected chi connectivity index (χ2v) is 5.30. The number of hydrogen-bond acceptors (Lipinski definition) is 3. The molecule has 4 heteroatoms. The molecule has 1 aliphatic rings. The second kappa shape index (κ2) is 3.17. The Kier molecular flexibility index (Phi) is 1.73. The third-order valence-corrected chi connectivity index (χ3v) is 4.11.